The van der Waals surface area contributed by atoms with Gasteiger partial charge in [0.1, 0.15) is 11.6 Å². The minimum Gasteiger partial charge on any atom is -0.384 e. The van der Waals surface area contributed by atoms with Gasteiger partial charge < -0.3 is 10.3 Å². The molecule has 0 spiro atoms. The largest absolute Gasteiger partial charge is 0.384 e. The third kappa shape index (κ3) is 2.14. The maximum atomic E-state index is 13.0. The van der Waals surface area contributed by atoms with Crippen LogP contribution in [-0.4, -0.2) is 14.5 Å². The maximum Gasteiger partial charge on any atom is 0.123 e. The molecule has 1 aromatic carbocycles. The molecule has 0 aliphatic carbocycles. The first-order valence-corrected chi connectivity index (χ1v) is 6.14. The Morgan fingerprint density at radius 3 is 2.50 bits per heavy atom. The molecule has 2 aromatic heterocycles. The van der Waals surface area contributed by atoms with Gasteiger partial charge in [0, 0.05) is 24.4 Å². The van der Waals surface area contributed by atoms with Crippen molar-refractivity contribution in [3.63, 3.8) is 0 Å². The van der Waals surface area contributed by atoms with E-state index in [1.54, 1.807) is 30.7 Å². The lowest BCUT2D eigenvalue weighted by atomic mass is 10.1. The number of imidazole rings is 1. The van der Waals surface area contributed by atoms with Crippen LogP contribution in [0, 0.1) is 5.82 Å². The highest BCUT2D eigenvalue weighted by atomic mass is 19.1. The topological polar surface area (TPSA) is 56.7 Å². The van der Waals surface area contributed by atoms with Crippen molar-refractivity contribution in [2.75, 3.05) is 5.73 Å². The number of nitrogen functional groups attached to an aromatic ring is 1. The van der Waals surface area contributed by atoms with Crippen molar-refractivity contribution in [2.45, 2.75) is 0 Å². The lowest BCUT2D eigenvalue weighted by Gasteiger charge is -2.07. The van der Waals surface area contributed by atoms with Crippen molar-refractivity contribution in [3.8, 4) is 22.5 Å². The van der Waals surface area contributed by atoms with Gasteiger partial charge in [-0.15, -0.1) is 0 Å². The summed E-state index contributed by atoms with van der Waals surface area (Å²) in [5.41, 5.74) is 9.23. The second kappa shape index (κ2) is 4.77. The smallest absolute Gasteiger partial charge is 0.123 e. The first-order chi connectivity index (χ1) is 9.65. The fourth-order valence-corrected chi connectivity index (χ4v) is 2.19. The minimum absolute atomic E-state index is 0.264. The molecular weight excluding hydrogens is 255 g/mol. The van der Waals surface area contributed by atoms with Gasteiger partial charge in [0.2, 0.25) is 0 Å². The van der Waals surface area contributed by atoms with Crippen LogP contribution in [0.1, 0.15) is 0 Å². The SMILES string of the molecule is Cn1cnc(-c2ccc(F)cc2)c1-c1ccnc(N)c1. The van der Waals surface area contributed by atoms with Crippen molar-refractivity contribution >= 4 is 5.82 Å². The molecule has 0 atom stereocenters. The lowest BCUT2D eigenvalue weighted by molar-refractivity contribution is 0.628. The molecule has 20 heavy (non-hydrogen) atoms. The molecule has 5 heteroatoms. The summed E-state index contributed by atoms with van der Waals surface area (Å²) in [6.07, 6.45) is 3.39. The third-order valence-corrected chi connectivity index (χ3v) is 3.11. The van der Waals surface area contributed by atoms with E-state index in [0.717, 1.165) is 22.5 Å². The van der Waals surface area contributed by atoms with Crippen LogP contribution in [0.3, 0.4) is 0 Å². The van der Waals surface area contributed by atoms with Crippen LogP contribution in [0.4, 0.5) is 10.2 Å². The van der Waals surface area contributed by atoms with Gasteiger partial charge in [-0.05, 0) is 36.4 Å². The predicted octanol–water partition coefficient (Wildman–Crippen LogP) is 2.87. The van der Waals surface area contributed by atoms with Crippen LogP contribution in [0.2, 0.25) is 0 Å². The van der Waals surface area contributed by atoms with Gasteiger partial charge in [0.15, 0.2) is 0 Å². The van der Waals surface area contributed by atoms with Crippen LogP contribution >= 0.6 is 0 Å². The first kappa shape index (κ1) is 12.3. The molecule has 0 saturated carbocycles. The summed E-state index contributed by atoms with van der Waals surface area (Å²) in [6.45, 7) is 0. The van der Waals surface area contributed by atoms with Crippen molar-refractivity contribution in [3.05, 3.63) is 54.7 Å². The molecule has 3 rings (SSSR count). The summed E-state index contributed by atoms with van der Waals surface area (Å²) in [6, 6.07) is 9.95. The van der Waals surface area contributed by atoms with Gasteiger partial charge in [-0.2, -0.15) is 0 Å². The molecule has 0 aliphatic heterocycles. The van der Waals surface area contributed by atoms with E-state index in [0.29, 0.717) is 5.82 Å². The van der Waals surface area contributed by atoms with Gasteiger partial charge >= 0.3 is 0 Å². The fraction of sp³-hybridized carbons (Fsp3) is 0.0667. The van der Waals surface area contributed by atoms with Crippen molar-refractivity contribution in [2.24, 2.45) is 7.05 Å². The Morgan fingerprint density at radius 1 is 1.05 bits per heavy atom. The Hall–Kier alpha value is -2.69. The second-order valence-electron chi connectivity index (χ2n) is 4.53. The van der Waals surface area contributed by atoms with Gasteiger partial charge in [-0.1, -0.05) is 0 Å². The highest BCUT2D eigenvalue weighted by Crippen LogP contribution is 2.31. The first-order valence-electron chi connectivity index (χ1n) is 6.14. The highest BCUT2D eigenvalue weighted by Gasteiger charge is 2.13. The zero-order valence-corrected chi connectivity index (χ0v) is 10.9. The van der Waals surface area contributed by atoms with Crippen LogP contribution < -0.4 is 5.73 Å². The average Bonchev–Trinajstić information content (AvgIpc) is 2.81. The molecule has 0 bridgehead atoms. The molecule has 0 saturated heterocycles. The Labute approximate surface area is 115 Å². The van der Waals surface area contributed by atoms with Crippen LogP contribution in [-0.2, 0) is 7.05 Å². The number of hydrogen-bond donors (Lipinski definition) is 1. The summed E-state index contributed by atoms with van der Waals surface area (Å²) in [5.74, 6) is 0.188. The van der Waals surface area contributed by atoms with E-state index in [-0.39, 0.29) is 5.82 Å². The van der Waals surface area contributed by atoms with E-state index < -0.39 is 0 Å². The summed E-state index contributed by atoms with van der Waals surface area (Å²) < 4.78 is 14.9. The second-order valence-corrected chi connectivity index (χ2v) is 4.53. The number of hydrogen-bond acceptors (Lipinski definition) is 3. The molecule has 2 heterocycles. The molecule has 0 fully saturated rings. The summed E-state index contributed by atoms with van der Waals surface area (Å²) in [7, 11) is 1.91. The third-order valence-electron chi connectivity index (χ3n) is 3.11. The number of halogens is 1. The van der Waals surface area contributed by atoms with E-state index in [2.05, 4.69) is 9.97 Å². The number of nitrogens with zero attached hydrogens (tertiary/aromatic N) is 3. The molecular formula is C15H13FN4. The maximum absolute atomic E-state index is 13.0. The summed E-state index contributed by atoms with van der Waals surface area (Å²) >= 11 is 0. The van der Waals surface area contributed by atoms with E-state index in [1.807, 2.05) is 17.7 Å². The molecule has 0 radical (unpaired) electrons. The Morgan fingerprint density at radius 2 is 1.80 bits per heavy atom. The molecule has 2 N–H and O–H groups in total. The predicted molar refractivity (Wildman–Crippen MR) is 76.2 cm³/mol. The molecule has 100 valence electrons. The normalized spacial score (nSPS) is 10.7. The van der Waals surface area contributed by atoms with Crippen molar-refractivity contribution in [1.82, 2.24) is 14.5 Å². The quantitative estimate of drug-likeness (QED) is 0.777. The number of anilines is 1. The Bertz CT molecular complexity index is 747. The van der Waals surface area contributed by atoms with Gasteiger partial charge in [-0.3, -0.25) is 0 Å². The lowest BCUT2D eigenvalue weighted by Crippen LogP contribution is -1.95. The highest BCUT2D eigenvalue weighted by molar-refractivity contribution is 5.79. The monoisotopic (exact) mass is 268 g/mol. The summed E-state index contributed by atoms with van der Waals surface area (Å²) in [5, 5.41) is 0. The van der Waals surface area contributed by atoms with Crippen molar-refractivity contribution in [1.29, 1.82) is 0 Å². The van der Waals surface area contributed by atoms with Crippen LogP contribution in [0.25, 0.3) is 22.5 Å². The van der Waals surface area contributed by atoms with Crippen molar-refractivity contribution < 1.29 is 4.39 Å². The van der Waals surface area contributed by atoms with Gasteiger partial charge in [0.25, 0.3) is 0 Å². The molecule has 0 aliphatic rings. The Kier molecular flexibility index (Phi) is 2.95. The number of nitrogens with two attached hydrogens (primary N) is 1. The van der Waals surface area contributed by atoms with E-state index >= 15 is 0 Å². The van der Waals surface area contributed by atoms with E-state index in [9.17, 15) is 4.39 Å². The number of pyridine rings is 1. The zero-order valence-electron chi connectivity index (χ0n) is 10.9. The van der Waals surface area contributed by atoms with Gasteiger partial charge in [0.05, 0.1) is 17.7 Å². The average molecular weight is 268 g/mol. The van der Waals surface area contributed by atoms with E-state index in [4.69, 9.17) is 5.73 Å². The fourth-order valence-electron chi connectivity index (χ4n) is 2.19. The molecule has 0 amide bonds. The molecule has 3 aromatic rings. The standard InChI is InChI=1S/C15H13FN4/c1-20-9-19-14(10-2-4-12(16)5-3-10)15(20)11-6-7-18-13(17)8-11/h2-9H,1H3,(H2,17,18). The molecule has 0 unspecified atom stereocenters. The number of aryl methyl sites for hydroxylation is 1. The van der Waals surface area contributed by atoms with E-state index in [1.165, 1.54) is 12.1 Å². The van der Waals surface area contributed by atoms with Gasteiger partial charge in [-0.25, -0.2) is 14.4 Å². The number of aromatic nitrogens is 3. The summed E-state index contributed by atoms with van der Waals surface area (Å²) in [4.78, 5) is 8.39. The number of benzene rings is 1. The Balaban J connectivity index is 2.17. The number of rotatable bonds is 2. The minimum atomic E-state index is -0.264. The van der Waals surface area contributed by atoms with Crippen LogP contribution in [0.5, 0.6) is 0 Å². The van der Waals surface area contributed by atoms with Crippen LogP contribution in [0.15, 0.2) is 48.9 Å². The molecule has 4 nitrogen and oxygen atoms in total. The zero-order chi connectivity index (χ0) is 14.1.